The standard InChI is InChI=1S/C25H23N3O5S/c1-4-33-24(32)20-15(3)27-25-28(21(20)16-8-6-5-7-9-16)22(29)19(34-25)13-26-18-12-17(23(30)31)11-10-14(18)2/h5-13,21,26H,4H2,1-3H3,(H,30,31)/b19-13-/t21-/m0/s1. The number of allylic oxidation sites excluding steroid dienone is 1. The van der Waals surface area contributed by atoms with E-state index in [0.717, 1.165) is 11.1 Å². The number of aromatic nitrogens is 1. The highest BCUT2D eigenvalue weighted by Crippen LogP contribution is 2.30. The first-order valence-corrected chi connectivity index (χ1v) is 11.5. The van der Waals surface area contributed by atoms with Crippen LogP contribution in [0.15, 0.2) is 69.6 Å². The second kappa shape index (κ2) is 9.48. The highest BCUT2D eigenvalue weighted by Gasteiger charge is 2.33. The van der Waals surface area contributed by atoms with Gasteiger partial charge >= 0.3 is 11.9 Å². The zero-order valence-electron chi connectivity index (χ0n) is 18.9. The number of thiazole rings is 1. The highest BCUT2D eigenvalue weighted by molar-refractivity contribution is 7.07. The fraction of sp³-hybridized carbons (Fsp3) is 0.200. The molecule has 1 atom stereocenters. The minimum absolute atomic E-state index is 0.141. The number of nitrogens with zero attached hydrogens (tertiary/aromatic N) is 2. The first kappa shape index (κ1) is 23.2. The van der Waals surface area contributed by atoms with Crippen molar-refractivity contribution >= 4 is 35.2 Å². The number of carbonyl (C=O) groups excluding carboxylic acids is 1. The number of carboxylic acid groups (broad SMARTS) is 1. The first-order chi connectivity index (χ1) is 16.3. The van der Waals surface area contributed by atoms with Gasteiger partial charge < -0.3 is 15.2 Å². The number of nitrogens with one attached hydrogen (secondary N) is 1. The summed E-state index contributed by atoms with van der Waals surface area (Å²) in [5.74, 6) is -1.54. The Morgan fingerprint density at radius 1 is 1.21 bits per heavy atom. The maximum atomic E-state index is 13.5. The topological polar surface area (TPSA) is 110 Å². The Hall–Kier alpha value is -3.98. The lowest BCUT2D eigenvalue weighted by Gasteiger charge is -2.24. The van der Waals surface area contributed by atoms with Crippen molar-refractivity contribution in [2.75, 3.05) is 11.9 Å². The summed E-state index contributed by atoms with van der Waals surface area (Å²) < 4.78 is 7.16. The Bertz CT molecular complexity index is 1480. The van der Waals surface area contributed by atoms with Gasteiger partial charge in [0.25, 0.3) is 5.56 Å². The Morgan fingerprint density at radius 2 is 1.94 bits per heavy atom. The van der Waals surface area contributed by atoms with E-state index in [4.69, 9.17) is 4.74 Å². The number of aromatic carboxylic acids is 1. The summed E-state index contributed by atoms with van der Waals surface area (Å²) in [6, 6.07) is 13.4. The molecule has 0 spiro atoms. The number of anilines is 1. The predicted octanol–water partition coefficient (Wildman–Crippen LogP) is 2.83. The zero-order valence-corrected chi connectivity index (χ0v) is 19.7. The highest BCUT2D eigenvalue weighted by atomic mass is 32.1. The van der Waals surface area contributed by atoms with Crippen LogP contribution in [0.5, 0.6) is 0 Å². The normalized spacial score (nSPS) is 15.5. The lowest BCUT2D eigenvalue weighted by Crippen LogP contribution is -2.40. The summed E-state index contributed by atoms with van der Waals surface area (Å²) in [7, 11) is 0. The van der Waals surface area contributed by atoms with Gasteiger partial charge in [0, 0.05) is 11.9 Å². The molecule has 3 aromatic rings. The third-order valence-corrected chi connectivity index (χ3v) is 6.46. The number of aryl methyl sites for hydroxylation is 1. The van der Waals surface area contributed by atoms with Gasteiger partial charge in [-0.2, -0.15) is 0 Å². The molecule has 34 heavy (non-hydrogen) atoms. The molecular weight excluding hydrogens is 454 g/mol. The van der Waals surface area contributed by atoms with Gasteiger partial charge in [-0.15, -0.1) is 0 Å². The van der Waals surface area contributed by atoms with Gasteiger partial charge in [-0.3, -0.25) is 9.36 Å². The molecule has 8 nitrogen and oxygen atoms in total. The fourth-order valence-electron chi connectivity index (χ4n) is 3.80. The lowest BCUT2D eigenvalue weighted by molar-refractivity contribution is -0.139. The first-order valence-electron chi connectivity index (χ1n) is 10.7. The number of fused-ring (bicyclic) bond motifs is 1. The molecule has 2 heterocycles. The van der Waals surface area contributed by atoms with Crippen molar-refractivity contribution in [1.82, 2.24) is 4.57 Å². The van der Waals surface area contributed by atoms with E-state index < -0.39 is 18.0 Å². The molecule has 1 aliphatic heterocycles. The fourth-order valence-corrected chi connectivity index (χ4v) is 4.77. The Kier molecular flexibility index (Phi) is 6.47. The molecule has 0 amide bonds. The lowest BCUT2D eigenvalue weighted by atomic mass is 9.96. The van der Waals surface area contributed by atoms with Crippen molar-refractivity contribution in [3.63, 3.8) is 0 Å². The number of carbonyl (C=O) groups is 2. The van der Waals surface area contributed by atoms with Crippen molar-refractivity contribution in [3.8, 4) is 0 Å². The molecule has 0 radical (unpaired) electrons. The quantitative estimate of drug-likeness (QED) is 0.529. The smallest absolute Gasteiger partial charge is 0.338 e. The number of carboxylic acids is 1. The van der Waals surface area contributed by atoms with E-state index in [2.05, 4.69) is 10.3 Å². The van der Waals surface area contributed by atoms with Crippen LogP contribution in [-0.4, -0.2) is 28.2 Å². The number of hydrogen-bond donors (Lipinski definition) is 2. The van der Waals surface area contributed by atoms with Gasteiger partial charge in [0.15, 0.2) is 4.80 Å². The average molecular weight is 478 g/mol. The minimum atomic E-state index is -1.03. The summed E-state index contributed by atoms with van der Waals surface area (Å²) in [6.07, 6.45) is 1.54. The third-order valence-electron chi connectivity index (χ3n) is 5.48. The Balaban J connectivity index is 1.84. The van der Waals surface area contributed by atoms with Crippen LogP contribution in [0, 0.1) is 6.92 Å². The molecule has 174 valence electrons. The number of rotatable bonds is 6. The summed E-state index contributed by atoms with van der Waals surface area (Å²) in [5, 5.41) is 12.3. The Labute approximate surface area is 199 Å². The van der Waals surface area contributed by atoms with Crippen LogP contribution in [0.4, 0.5) is 5.69 Å². The summed E-state index contributed by atoms with van der Waals surface area (Å²) in [4.78, 5) is 42.6. The van der Waals surface area contributed by atoms with Crippen molar-refractivity contribution in [1.29, 1.82) is 0 Å². The van der Waals surface area contributed by atoms with Gasteiger partial charge in [-0.1, -0.05) is 47.7 Å². The summed E-state index contributed by atoms with van der Waals surface area (Å²) >= 11 is 1.19. The number of esters is 1. The maximum absolute atomic E-state index is 13.5. The third kappa shape index (κ3) is 4.29. The summed E-state index contributed by atoms with van der Waals surface area (Å²) in [5.41, 5.74) is 2.83. The molecule has 2 N–H and O–H groups in total. The van der Waals surface area contributed by atoms with E-state index in [-0.39, 0.29) is 17.7 Å². The molecular formula is C25H23N3O5S. The molecule has 1 aliphatic rings. The molecule has 9 heteroatoms. The van der Waals surface area contributed by atoms with E-state index in [1.807, 2.05) is 37.3 Å². The molecule has 0 aliphatic carbocycles. The van der Waals surface area contributed by atoms with Crippen LogP contribution in [0.3, 0.4) is 0 Å². The van der Waals surface area contributed by atoms with Gasteiger partial charge in [-0.25, -0.2) is 14.6 Å². The molecule has 0 fully saturated rings. The molecule has 0 unspecified atom stereocenters. The number of ether oxygens (including phenoxy) is 1. The van der Waals surface area contributed by atoms with Crippen LogP contribution in [0.2, 0.25) is 0 Å². The second-order valence-electron chi connectivity index (χ2n) is 7.69. The van der Waals surface area contributed by atoms with Gasteiger partial charge in [-0.05, 0) is 44.0 Å². The van der Waals surface area contributed by atoms with E-state index in [0.29, 0.717) is 26.3 Å². The van der Waals surface area contributed by atoms with Crippen molar-refractivity contribution < 1.29 is 19.4 Å². The van der Waals surface area contributed by atoms with Gasteiger partial charge in [0.1, 0.15) is 4.53 Å². The molecule has 0 saturated heterocycles. The zero-order chi connectivity index (χ0) is 24.4. The van der Waals surface area contributed by atoms with E-state index in [9.17, 15) is 19.5 Å². The van der Waals surface area contributed by atoms with Crippen LogP contribution in [0.1, 0.15) is 41.4 Å². The molecule has 0 saturated carbocycles. The largest absolute Gasteiger partial charge is 0.478 e. The maximum Gasteiger partial charge on any atom is 0.338 e. The minimum Gasteiger partial charge on any atom is -0.478 e. The van der Waals surface area contributed by atoms with E-state index in [1.54, 1.807) is 26.1 Å². The van der Waals surface area contributed by atoms with Crippen molar-refractivity contribution in [3.05, 3.63) is 96.2 Å². The van der Waals surface area contributed by atoms with Gasteiger partial charge in [0.2, 0.25) is 0 Å². The number of benzene rings is 2. The van der Waals surface area contributed by atoms with Crippen LogP contribution in [-0.2, 0) is 9.53 Å². The van der Waals surface area contributed by atoms with Crippen LogP contribution in [0.25, 0.3) is 6.20 Å². The predicted molar refractivity (Wildman–Crippen MR) is 130 cm³/mol. The van der Waals surface area contributed by atoms with Crippen LogP contribution >= 0.6 is 11.3 Å². The average Bonchev–Trinajstić information content (AvgIpc) is 3.12. The SMILES string of the molecule is CCOC(=O)C1=C(C)N=c2s/c(=C\Nc3cc(C(=O)O)ccc3C)c(=O)n2[C@H]1c1ccccc1. The number of hydrogen-bond acceptors (Lipinski definition) is 7. The molecule has 0 bridgehead atoms. The van der Waals surface area contributed by atoms with Crippen molar-refractivity contribution in [2.45, 2.75) is 26.8 Å². The molecule has 4 rings (SSSR count). The second-order valence-corrected chi connectivity index (χ2v) is 8.70. The van der Waals surface area contributed by atoms with Gasteiger partial charge in [0.05, 0.1) is 29.5 Å². The summed E-state index contributed by atoms with van der Waals surface area (Å²) in [6.45, 7) is 5.51. The van der Waals surface area contributed by atoms with E-state index >= 15 is 0 Å². The van der Waals surface area contributed by atoms with E-state index in [1.165, 1.54) is 28.0 Å². The molecule has 2 aromatic carbocycles. The molecule has 1 aromatic heterocycles. The van der Waals surface area contributed by atoms with Crippen LogP contribution < -0.4 is 20.2 Å². The van der Waals surface area contributed by atoms with Crippen molar-refractivity contribution in [2.24, 2.45) is 4.99 Å². The Morgan fingerprint density at radius 3 is 2.62 bits per heavy atom. The monoisotopic (exact) mass is 477 g/mol.